The van der Waals surface area contributed by atoms with Crippen molar-refractivity contribution in [3.8, 4) is 0 Å². The van der Waals surface area contributed by atoms with Gasteiger partial charge in [-0.15, -0.1) is 0 Å². The van der Waals surface area contributed by atoms with E-state index < -0.39 is 0 Å². The smallest absolute Gasteiger partial charge is 0.133 e. The molecule has 0 bridgehead atoms. The molecule has 0 heterocycles. The number of thiol groups is 1. The number of carbonyl (C=O) groups is 1. The maximum absolute atomic E-state index is 10.3. The van der Waals surface area contributed by atoms with E-state index in [-0.39, 0.29) is 11.7 Å². The summed E-state index contributed by atoms with van der Waals surface area (Å²) in [7, 11) is 0. The monoisotopic (exact) mass is 118 g/mol. The average Bonchev–Trinajstić information content (AvgIpc) is 1.65. The number of hydrogen-bond acceptors (Lipinski definition) is 2. The van der Waals surface area contributed by atoms with Gasteiger partial charge in [0.1, 0.15) is 5.78 Å². The summed E-state index contributed by atoms with van der Waals surface area (Å²) in [5, 5.41) is 0. The Morgan fingerprint density at radius 2 is 2.29 bits per heavy atom. The molecule has 42 valence electrons. The zero-order valence-corrected chi connectivity index (χ0v) is 5.53. The van der Waals surface area contributed by atoms with Crippen LogP contribution in [0.1, 0.15) is 13.8 Å². The van der Waals surface area contributed by atoms with Gasteiger partial charge >= 0.3 is 0 Å². The number of ketones is 1. The third kappa shape index (κ3) is 2.68. The molecule has 0 rings (SSSR count). The highest BCUT2D eigenvalue weighted by molar-refractivity contribution is 7.80. The molecule has 0 unspecified atom stereocenters. The molecule has 0 spiro atoms. The van der Waals surface area contributed by atoms with Gasteiger partial charge in [0, 0.05) is 5.92 Å². The summed E-state index contributed by atoms with van der Waals surface area (Å²) in [6.07, 6.45) is 0. The standard InChI is InChI=1S/C5H10OS/c1-4(3-7)5(2)6/h4,7H,3H2,1-2H3/t4-/m0/s1. The van der Waals surface area contributed by atoms with Gasteiger partial charge in [-0.25, -0.2) is 0 Å². The van der Waals surface area contributed by atoms with E-state index in [0.29, 0.717) is 5.75 Å². The summed E-state index contributed by atoms with van der Waals surface area (Å²) in [5.74, 6) is 1.01. The zero-order chi connectivity index (χ0) is 5.86. The molecule has 0 radical (unpaired) electrons. The largest absolute Gasteiger partial charge is 0.300 e. The molecule has 0 amide bonds. The highest BCUT2D eigenvalue weighted by Crippen LogP contribution is 1.96. The molecule has 0 fully saturated rings. The van der Waals surface area contributed by atoms with Crippen molar-refractivity contribution in [1.29, 1.82) is 0 Å². The van der Waals surface area contributed by atoms with E-state index in [2.05, 4.69) is 12.6 Å². The lowest BCUT2D eigenvalue weighted by Gasteiger charge is -1.97. The van der Waals surface area contributed by atoms with Gasteiger partial charge in [0.05, 0.1) is 0 Å². The lowest BCUT2D eigenvalue weighted by molar-refractivity contribution is -0.119. The molecular formula is C5H10OS. The van der Waals surface area contributed by atoms with E-state index in [0.717, 1.165) is 0 Å². The van der Waals surface area contributed by atoms with Gasteiger partial charge in [0.15, 0.2) is 0 Å². The van der Waals surface area contributed by atoms with Crippen LogP contribution in [0, 0.1) is 5.92 Å². The van der Waals surface area contributed by atoms with Crippen LogP contribution < -0.4 is 0 Å². The zero-order valence-electron chi connectivity index (χ0n) is 4.64. The summed E-state index contributed by atoms with van der Waals surface area (Å²) in [6.45, 7) is 3.45. The Kier molecular flexibility index (Phi) is 3.09. The van der Waals surface area contributed by atoms with Crippen LogP contribution >= 0.6 is 12.6 Å². The van der Waals surface area contributed by atoms with Crippen LogP contribution in [0.3, 0.4) is 0 Å². The number of carbonyl (C=O) groups excluding carboxylic acids is 1. The van der Waals surface area contributed by atoms with Crippen LogP contribution in [-0.2, 0) is 4.79 Å². The van der Waals surface area contributed by atoms with Crippen LogP contribution in [0.25, 0.3) is 0 Å². The predicted molar refractivity (Wildman–Crippen MR) is 33.7 cm³/mol. The lowest BCUT2D eigenvalue weighted by atomic mass is 10.1. The Morgan fingerprint density at radius 1 is 1.86 bits per heavy atom. The van der Waals surface area contributed by atoms with Gasteiger partial charge in [-0.2, -0.15) is 12.6 Å². The second kappa shape index (κ2) is 3.08. The Bertz CT molecular complexity index is 70.5. The summed E-state index contributed by atoms with van der Waals surface area (Å²) in [5.41, 5.74) is 0. The number of Topliss-reactive ketones (excluding diaryl/α,β-unsaturated/α-hetero) is 1. The summed E-state index contributed by atoms with van der Waals surface area (Å²) >= 11 is 3.93. The first-order valence-electron chi connectivity index (χ1n) is 2.29. The molecule has 0 aromatic carbocycles. The van der Waals surface area contributed by atoms with Crippen LogP contribution in [0.2, 0.25) is 0 Å². The fourth-order valence-electron chi connectivity index (χ4n) is 0.129. The van der Waals surface area contributed by atoms with Crippen molar-refractivity contribution in [3.63, 3.8) is 0 Å². The molecule has 0 saturated carbocycles. The predicted octanol–water partition coefficient (Wildman–Crippen LogP) is 1.14. The van der Waals surface area contributed by atoms with Crippen molar-refractivity contribution < 1.29 is 4.79 Å². The van der Waals surface area contributed by atoms with Gasteiger partial charge in [0.25, 0.3) is 0 Å². The van der Waals surface area contributed by atoms with Crippen LogP contribution in [0.15, 0.2) is 0 Å². The van der Waals surface area contributed by atoms with E-state index in [9.17, 15) is 4.79 Å². The average molecular weight is 118 g/mol. The Labute approximate surface area is 49.5 Å². The Balaban J connectivity index is 3.34. The van der Waals surface area contributed by atoms with Crippen molar-refractivity contribution in [3.05, 3.63) is 0 Å². The molecule has 0 aromatic rings. The maximum Gasteiger partial charge on any atom is 0.133 e. The molecule has 0 aliphatic carbocycles. The second-order valence-electron chi connectivity index (χ2n) is 1.69. The van der Waals surface area contributed by atoms with E-state index in [1.807, 2.05) is 6.92 Å². The van der Waals surface area contributed by atoms with Crippen LogP contribution in [0.5, 0.6) is 0 Å². The second-order valence-corrected chi connectivity index (χ2v) is 2.06. The molecule has 0 aliphatic heterocycles. The van der Waals surface area contributed by atoms with E-state index >= 15 is 0 Å². The first-order chi connectivity index (χ1) is 3.18. The van der Waals surface area contributed by atoms with Gasteiger partial charge in [-0.05, 0) is 12.7 Å². The molecule has 1 atom stereocenters. The molecule has 0 aromatic heterocycles. The Hall–Kier alpha value is 0.0200. The minimum absolute atomic E-state index is 0.128. The van der Waals surface area contributed by atoms with Crippen molar-refractivity contribution in [2.24, 2.45) is 5.92 Å². The molecule has 1 nitrogen and oxygen atoms in total. The number of hydrogen-bond donors (Lipinski definition) is 1. The lowest BCUT2D eigenvalue weighted by Crippen LogP contribution is -2.06. The summed E-state index contributed by atoms with van der Waals surface area (Å²) < 4.78 is 0. The summed E-state index contributed by atoms with van der Waals surface area (Å²) in [4.78, 5) is 10.3. The van der Waals surface area contributed by atoms with E-state index in [1.54, 1.807) is 6.92 Å². The molecule has 7 heavy (non-hydrogen) atoms. The molecule has 2 heteroatoms. The molecule has 0 N–H and O–H groups in total. The fraction of sp³-hybridized carbons (Fsp3) is 0.800. The normalized spacial score (nSPS) is 13.6. The molecule has 0 saturated heterocycles. The van der Waals surface area contributed by atoms with Gasteiger partial charge in [-0.3, -0.25) is 4.79 Å². The van der Waals surface area contributed by atoms with Gasteiger partial charge in [0.2, 0.25) is 0 Å². The third-order valence-corrected chi connectivity index (χ3v) is 1.52. The first kappa shape index (κ1) is 7.02. The van der Waals surface area contributed by atoms with E-state index in [1.165, 1.54) is 0 Å². The quantitative estimate of drug-likeness (QED) is 0.538. The third-order valence-electron chi connectivity index (χ3n) is 0.968. The maximum atomic E-state index is 10.3. The SMILES string of the molecule is CC(=O)[C@@H](C)CS. The van der Waals surface area contributed by atoms with Crippen molar-refractivity contribution in [1.82, 2.24) is 0 Å². The number of rotatable bonds is 2. The van der Waals surface area contributed by atoms with Gasteiger partial charge in [-0.1, -0.05) is 6.92 Å². The summed E-state index contributed by atoms with van der Waals surface area (Å²) in [6, 6.07) is 0. The first-order valence-corrected chi connectivity index (χ1v) is 2.93. The minimum atomic E-state index is 0.128. The van der Waals surface area contributed by atoms with E-state index in [4.69, 9.17) is 0 Å². The van der Waals surface area contributed by atoms with Crippen molar-refractivity contribution >= 4 is 18.4 Å². The Morgan fingerprint density at radius 3 is 2.29 bits per heavy atom. The van der Waals surface area contributed by atoms with Crippen molar-refractivity contribution in [2.45, 2.75) is 13.8 Å². The topological polar surface area (TPSA) is 17.1 Å². The van der Waals surface area contributed by atoms with Crippen LogP contribution in [0.4, 0.5) is 0 Å². The molecule has 0 aliphatic rings. The highest BCUT2D eigenvalue weighted by Gasteiger charge is 2.01. The minimum Gasteiger partial charge on any atom is -0.300 e. The van der Waals surface area contributed by atoms with Gasteiger partial charge < -0.3 is 0 Å². The van der Waals surface area contributed by atoms with Crippen LogP contribution in [-0.4, -0.2) is 11.5 Å². The van der Waals surface area contributed by atoms with Crippen molar-refractivity contribution in [2.75, 3.05) is 5.75 Å². The fourth-order valence-corrected chi connectivity index (χ4v) is 0.386. The molecular weight excluding hydrogens is 108 g/mol. The highest BCUT2D eigenvalue weighted by atomic mass is 32.1.